The summed E-state index contributed by atoms with van der Waals surface area (Å²) in [7, 11) is 0. The first-order chi connectivity index (χ1) is 3.93. The van der Waals surface area contributed by atoms with Crippen LogP contribution in [0.1, 0.15) is 0 Å². The third-order valence-electron chi connectivity index (χ3n) is 0.691. The van der Waals surface area contributed by atoms with Gasteiger partial charge in [0.05, 0.1) is 9.76 Å². The van der Waals surface area contributed by atoms with Crippen molar-refractivity contribution in [3.8, 4) is 0 Å². The first-order valence-corrected chi connectivity index (χ1v) is 3.98. The van der Waals surface area contributed by atoms with Crippen LogP contribution in [0.3, 0.4) is 0 Å². The van der Waals surface area contributed by atoms with Crippen LogP contribution in [0.2, 0.25) is 0 Å². The fourth-order valence-corrected chi connectivity index (χ4v) is 1.71. The monoisotopic (exact) mass is 146 g/mol. The highest BCUT2D eigenvalue weighted by Gasteiger charge is 1.80. The second-order valence-electron chi connectivity index (χ2n) is 1.20. The molecular weight excluding hydrogens is 140 g/mol. The highest BCUT2D eigenvalue weighted by Crippen LogP contribution is 2.15. The van der Waals surface area contributed by atoms with E-state index >= 15 is 0 Å². The molecule has 8 heavy (non-hydrogen) atoms. The number of aliphatic hydroxyl groups is 1. The van der Waals surface area contributed by atoms with Crippen LogP contribution in [0, 0.1) is 0 Å². The van der Waals surface area contributed by atoms with Crippen molar-refractivity contribution in [3.05, 3.63) is 17.5 Å². The van der Waals surface area contributed by atoms with Crippen molar-refractivity contribution >= 4 is 28.2 Å². The Labute approximate surface area is 55.6 Å². The summed E-state index contributed by atoms with van der Waals surface area (Å²) in [5.41, 5.74) is 1.14. The molecule has 0 unspecified atom stereocenters. The number of aliphatic hydroxyl groups excluding tert-OH is 1. The van der Waals surface area contributed by atoms with Gasteiger partial charge >= 0.3 is 0 Å². The number of thiophene rings is 1. The van der Waals surface area contributed by atoms with Crippen molar-refractivity contribution in [2.75, 3.05) is 0 Å². The molecule has 0 spiro atoms. The van der Waals surface area contributed by atoms with E-state index in [0.717, 1.165) is 16.9 Å². The lowest BCUT2D eigenvalue weighted by Gasteiger charge is -1.75. The highest BCUT2D eigenvalue weighted by atomic mass is 32.2. The summed E-state index contributed by atoms with van der Waals surface area (Å²) >= 11 is 2.54. The van der Waals surface area contributed by atoms with Crippen LogP contribution < -0.4 is 0 Å². The van der Waals surface area contributed by atoms with Gasteiger partial charge in [0.2, 0.25) is 0 Å². The lowest BCUT2D eigenvalue weighted by Crippen LogP contribution is -1.54. The average Bonchev–Trinajstić information content (AvgIpc) is 2.19. The third kappa shape index (κ3) is 1.43. The van der Waals surface area contributed by atoms with Gasteiger partial charge in [-0.3, -0.25) is 0 Å². The van der Waals surface area contributed by atoms with E-state index in [-0.39, 0.29) is 0 Å². The molecule has 1 rings (SSSR count). The summed E-state index contributed by atoms with van der Waals surface area (Å²) in [6.07, 6.45) is 0. The molecule has 1 aromatic rings. The number of thiol groups is 1. The Morgan fingerprint density at radius 3 is 3.12 bits per heavy atom. The Balaban J connectivity index is 2.77. The van der Waals surface area contributed by atoms with Crippen LogP contribution >= 0.6 is 22.7 Å². The lowest BCUT2D eigenvalue weighted by molar-refractivity contribution is 0.593. The summed E-state index contributed by atoms with van der Waals surface area (Å²) in [5.74, 6) is 0. The van der Waals surface area contributed by atoms with Crippen LogP contribution in [0.4, 0.5) is 0 Å². The van der Waals surface area contributed by atoms with E-state index in [4.69, 9.17) is 5.11 Å². The molecule has 0 fully saturated rings. The van der Waals surface area contributed by atoms with Gasteiger partial charge in [-0.05, 0) is 11.4 Å². The zero-order valence-electron chi connectivity index (χ0n) is 4.11. The molecule has 0 radical (unpaired) electrons. The zero-order chi connectivity index (χ0) is 5.82. The average molecular weight is 146 g/mol. The number of rotatable bonds is 1. The van der Waals surface area contributed by atoms with E-state index in [1.807, 2.05) is 17.5 Å². The molecule has 0 saturated heterocycles. The SMILES string of the molecule is OC=[SH]c1cccs1. The van der Waals surface area contributed by atoms with Crippen molar-refractivity contribution in [3.63, 3.8) is 0 Å². The fourth-order valence-electron chi connectivity index (χ4n) is 0.400. The van der Waals surface area contributed by atoms with E-state index in [2.05, 4.69) is 0 Å². The normalized spacial score (nSPS) is 11.6. The second kappa shape index (κ2) is 3.02. The molecule has 0 aromatic carbocycles. The van der Waals surface area contributed by atoms with Crippen LogP contribution in [0.25, 0.3) is 0 Å². The molecule has 0 bridgehead atoms. The summed E-state index contributed by atoms with van der Waals surface area (Å²) in [5, 5.41) is 10.3. The first-order valence-electron chi connectivity index (χ1n) is 2.14. The molecule has 0 aliphatic heterocycles. The molecule has 0 atom stereocenters. The minimum Gasteiger partial charge on any atom is -0.363 e. The van der Waals surface area contributed by atoms with E-state index in [0.29, 0.717) is 0 Å². The van der Waals surface area contributed by atoms with Gasteiger partial charge in [-0.25, -0.2) is 0 Å². The number of hydrogen-bond acceptors (Lipinski definition) is 1. The summed E-state index contributed by atoms with van der Waals surface area (Å²) in [4.78, 5) is 0. The minimum atomic E-state index is 0.896. The minimum absolute atomic E-state index is 0.896. The Kier molecular flexibility index (Phi) is 2.27. The van der Waals surface area contributed by atoms with E-state index in [9.17, 15) is 0 Å². The standard InChI is InChI=1S/C5H6OS2/c6-4-8-5-2-1-3-7-5/h1-4,6,8H. The zero-order valence-corrected chi connectivity index (χ0v) is 5.82. The lowest BCUT2D eigenvalue weighted by atomic mass is 10.7. The van der Waals surface area contributed by atoms with Gasteiger partial charge in [-0.1, -0.05) is 6.07 Å². The van der Waals surface area contributed by atoms with Gasteiger partial charge in [0.1, 0.15) is 0 Å². The van der Waals surface area contributed by atoms with Crippen molar-refractivity contribution in [1.29, 1.82) is 0 Å². The van der Waals surface area contributed by atoms with Gasteiger partial charge in [0, 0.05) is 0 Å². The Bertz CT molecular complexity index is 167. The molecule has 1 nitrogen and oxygen atoms in total. The second-order valence-corrected chi connectivity index (χ2v) is 3.42. The molecule has 3 heteroatoms. The van der Waals surface area contributed by atoms with Gasteiger partial charge in [0.15, 0.2) is 0 Å². The number of hydrogen-bond donors (Lipinski definition) is 2. The van der Waals surface area contributed by atoms with Crippen molar-refractivity contribution in [2.45, 2.75) is 4.21 Å². The van der Waals surface area contributed by atoms with Gasteiger partial charge in [-0.2, -0.15) is 0 Å². The van der Waals surface area contributed by atoms with E-state index in [1.54, 1.807) is 11.3 Å². The maximum absolute atomic E-state index is 8.31. The maximum Gasteiger partial charge on any atom is 0.0611 e. The maximum atomic E-state index is 8.31. The van der Waals surface area contributed by atoms with Crippen LogP contribution in [0.5, 0.6) is 0 Å². The summed E-state index contributed by atoms with van der Waals surface area (Å²) in [6, 6.07) is 3.95. The summed E-state index contributed by atoms with van der Waals surface area (Å²) < 4.78 is 1.17. The Hall–Kier alpha value is -0.120. The molecule has 44 valence electrons. The molecule has 1 heterocycles. The quantitative estimate of drug-likeness (QED) is 0.458. The van der Waals surface area contributed by atoms with Crippen molar-refractivity contribution in [2.24, 2.45) is 0 Å². The molecular formula is C5H6OS2. The van der Waals surface area contributed by atoms with Crippen molar-refractivity contribution < 1.29 is 5.11 Å². The summed E-state index contributed by atoms with van der Waals surface area (Å²) in [6.45, 7) is 0. The molecule has 0 amide bonds. The highest BCUT2D eigenvalue weighted by molar-refractivity contribution is 7.99. The predicted octanol–water partition coefficient (Wildman–Crippen LogP) is 1.89. The Morgan fingerprint density at radius 2 is 2.62 bits per heavy atom. The van der Waals surface area contributed by atoms with E-state index in [1.165, 1.54) is 4.21 Å². The first kappa shape index (κ1) is 6.01. The topological polar surface area (TPSA) is 20.2 Å². The molecule has 0 aliphatic carbocycles. The van der Waals surface area contributed by atoms with Gasteiger partial charge < -0.3 is 5.11 Å². The smallest absolute Gasteiger partial charge is 0.0611 e. The molecule has 1 aromatic heterocycles. The molecule has 0 aliphatic rings. The fraction of sp³-hybridized carbons (Fsp3) is 0. The van der Waals surface area contributed by atoms with Crippen molar-refractivity contribution in [1.82, 2.24) is 0 Å². The van der Waals surface area contributed by atoms with Gasteiger partial charge in [-0.15, -0.1) is 22.7 Å². The van der Waals surface area contributed by atoms with Crippen LogP contribution in [-0.2, 0) is 0 Å². The van der Waals surface area contributed by atoms with Gasteiger partial charge in [0.25, 0.3) is 0 Å². The molecule has 0 saturated carbocycles. The largest absolute Gasteiger partial charge is 0.363 e. The third-order valence-corrected chi connectivity index (χ3v) is 2.51. The molecule has 1 N–H and O–H groups in total. The Morgan fingerprint density at radius 1 is 1.75 bits per heavy atom. The predicted molar refractivity (Wildman–Crippen MR) is 40.3 cm³/mol. The van der Waals surface area contributed by atoms with Crippen LogP contribution in [-0.4, -0.2) is 10.7 Å². The van der Waals surface area contributed by atoms with E-state index < -0.39 is 0 Å². The van der Waals surface area contributed by atoms with Crippen LogP contribution in [0.15, 0.2) is 21.7 Å².